The summed E-state index contributed by atoms with van der Waals surface area (Å²) in [4.78, 5) is 0. The van der Waals surface area contributed by atoms with Gasteiger partial charge in [-0.05, 0) is 19.9 Å². The standard InChI is InChI=1S/C10H12F2O/c1-3-13-7(2)9-5-4-8(11)6-10(9)12/h4-7H,3H2,1-2H3. The number of hydrogen-bond acceptors (Lipinski definition) is 1. The molecule has 3 heteroatoms. The maximum Gasteiger partial charge on any atom is 0.131 e. The maximum absolute atomic E-state index is 13.1. The predicted octanol–water partition coefficient (Wildman–Crippen LogP) is 3.06. The van der Waals surface area contributed by atoms with Crippen LogP contribution >= 0.6 is 0 Å². The van der Waals surface area contributed by atoms with E-state index in [2.05, 4.69) is 0 Å². The van der Waals surface area contributed by atoms with Crippen LogP contribution in [0.15, 0.2) is 18.2 Å². The van der Waals surface area contributed by atoms with Gasteiger partial charge >= 0.3 is 0 Å². The monoisotopic (exact) mass is 186 g/mol. The fourth-order valence-corrected chi connectivity index (χ4v) is 1.17. The van der Waals surface area contributed by atoms with Gasteiger partial charge in [0.2, 0.25) is 0 Å². The Morgan fingerprint density at radius 2 is 2.08 bits per heavy atom. The van der Waals surface area contributed by atoms with Crippen LogP contribution in [0.25, 0.3) is 0 Å². The number of rotatable bonds is 3. The molecule has 13 heavy (non-hydrogen) atoms. The Morgan fingerprint density at radius 3 is 2.62 bits per heavy atom. The molecule has 0 aliphatic rings. The van der Waals surface area contributed by atoms with E-state index < -0.39 is 11.6 Å². The van der Waals surface area contributed by atoms with Gasteiger partial charge in [0.05, 0.1) is 6.10 Å². The first kappa shape index (κ1) is 10.1. The minimum atomic E-state index is -0.565. The topological polar surface area (TPSA) is 9.23 Å². The third-order valence-electron chi connectivity index (χ3n) is 1.82. The van der Waals surface area contributed by atoms with E-state index in [1.54, 1.807) is 6.92 Å². The minimum Gasteiger partial charge on any atom is -0.374 e. The van der Waals surface area contributed by atoms with Gasteiger partial charge in [-0.3, -0.25) is 0 Å². The van der Waals surface area contributed by atoms with Crippen molar-refractivity contribution in [1.82, 2.24) is 0 Å². The smallest absolute Gasteiger partial charge is 0.131 e. The number of benzene rings is 1. The second kappa shape index (κ2) is 4.33. The summed E-state index contributed by atoms with van der Waals surface area (Å²) in [5.74, 6) is -1.12. The first-order chi connectivity index (χ1) is 6.15. The summed E-state index contributed by atoms with van der Waals surface area (Å²) in [6, 6.07) is 3.50. The molecule has 1 aromatic carbocycles. The molecule has 0 spiro atoms. The van der Waals surface area contributed by atoms with Crippen LogP contribution in [0.3, 0.4) is 0 Å². The molecule has 0 aromatic heterocycles. The number of halogens is 2. The van der Waals surface area contributed by atoms with E-state index >= 15 is 0 Å². The minimum absolute atomic E-state index is 0.328. The van der Waals surface area contributed by atoms with Gasteiger partial charge in [0.15, 0.2) is 0 Å². The van der Waals surface area contributed by atoms with Crippen molar-refractivity contribution in [3.05, 3.63) is 35.4 Å². The van der Waals surface area contributed by atoms with Crippen molar-refractivity contribution in [2.75, 3.05) is 6.61 Å². The van der Waals surface area contributed by atoms with Crippen LogP contribution in [0.1, 0.15) is 25.5 Å². The Labute approximate surface area is 76.3 Å². The van der Waals surface area contributed by atoms with Crippen LogP contribution < -0.4 is 0 Å². The molecule has 0 bridgehead atoms. The highest BCUT2D eigenvalue weighted by Gasteiger charge is 2.10. The number of ether oxygens (including phenoxy) is 1. The van der Waals surface area contributed by atoms with E-state index in [1.165, 1.54) is 12.1 Å². The van der Waals surface area contributed by atoms with Crippen molar-refractivity contribution in [2.24, 2.45) is 0 Å². The fourth-order valence-electron chi connectivity index (χ4n) is 1.17. The molecule has 1 aromatic rings. The van der Waals surface area contributed by atoms with E-state index in [1.807, 2.05) is 6.92 Å². The SMILES string of the molecule is CCOC(C)c1ccc(F)cc1F. The summed E-state index contributed by atoms with van der Waals surface area (Å²) in [6.45, 7) is 4.08. The summed E-state index contributed by atoms with van der Waals surface area (Å²) in [7, 11) is 0. The number of hydrogen-bond donors (Lipinski definition) is 0. The summed E-state index contributed by atoms with van der Waals surface area (Å²) in [5.41, 5.74) is 0.392. The summed E-state index contributed by atoms with van der Waals surface area (Å²) in [5, 5.41) is 0. The van der Waals surface area contributed by atoms with Crippen molar-refractivity contribution >= 4 is 0 Å². The maximum atomic E-state index is 13.1. The summed E-state index contributed by atoms with van der Waals surface area (Å²) < 4.78 is 30.8. The Kier molecular flexibility index (Phi) is 3.37. The highest BCUT2D eigenvalue weighted by molar-refractivity contribution is 5.20. The second-order valence-electron chi connectivity index (χ2n) is 2.76. The quantitative estimate of drug-likeness (QED) is 0.704. The van der Waals surface area contributed by atoms with E-state index in [4.69, 9.17) is 4.74 Å². The lowest BCUT2D eigenvalue weighted by Gasteiger charge is -2.12. The van der Waals surface area contributed by atoms with Gasteiger partial charge in [-0.1, -0.05) is 6.07 Å². The molecule has 1 nitrogen and oxygen atoms in total. The highest BCUT2D eigenvalue weighted by atomic mass is 19.1. The zero-order chi connectivity index (χ0) is 9.84. The van der Waals surface area contributed by atoms with Crippen molar-refractivity contribution in [1.29, 1.82) is 0 Å². The molecule has 0 saturated heterocycles. The Balaban J connectivity index is 2.88. The average molecular weight is 186 g/mol. The molecule has 0 heterocycles. The lowest BCUT2D eigenvalue weighted by atomic mass is 10.1. The van der Waals surface area contributed by atoms with Gasteiger partial charge < -0.3 is 4.74 Å². The first-order valence-electron chi connectivity index (χ1n) is 4.21. The molecule has 0 fully saturated rings. The van der Waals surface area contributed by atoms with Crippen molar-refractivity contribution in [3.63, 3.8) is 0 Å². The molecule has 0 amide bonds. The molecule has 0 N–H and O–H groups in total. The lowest BCUT2D eigenvalue weighted by molar-refractivity contribution is 0.0737. The average Bonchev–Trinajstić information content (AvgIpc) is 2.04. The first-order valence-corrected chi connectivity index (χ1v) is 4.21. The zero-order valence-corrected chi connectivity index (χ0v) is 7.68. The lowest BCUT2D eigenvalue weighted by Crippen LogP contribution is -2.02. The molecule has 1 rings (SSSR count). The molecule has 0 radical (unpaired) electrons. The van der Waals surface area contributed by atoms with Gasteiger partial charge in [0.25, 0.3) is 0 Å². The summed E-state index contributed by atoms with van der Waals surface area (Å²) >= 11 is 0. The Morgan fingerprint density at radius 1 is 1.38 bits per heavy atom. The van der Waals surface area contributed by atoms with Crippen molar-refractivity contribution in [2.45, 2.75) is 20.0 Å². The van der Waals surface area contributed by atoms with E-state index in [0.717, 1.165) is 6.07 Å². The van der Waals surface area contributed by atoms with Crippen LogP contribution in [0.2, 0.25) is 0 Å². The van der Waals surface area contributed by atoms with Crippen LogP contribution in [0, 0.1) is 11.6 Å². The normalized spacial score (nSPS) is 12.9. The van der Waals surface area contributed by atoms with Crippen LogP contribution in [-0.4, -0.2) is 6.61 Å². The molecule has 1 atom stereocenters. The molecule has 0 saturated carbocycles. The van der Waals surface area contributed by atoms with Gasteiger partial charge in [-0.25, -0.2) is 8.78 Å². The Hall–Kier alpha value is -0.960. The predicted molar refractivity (Wildman–Crippen MR) is 46.4 cm³/mol. The van der Waals surface area contributed by atoms with Gasteiger partial charge in [-0.15, -0.1) is 0 Å². The van der Waals surface area contributed by atoms with Gasteiger partial charge in [0, 0.05) is 18.2 Å². The van der Waals surface area contributed by atoms with Gasteiger partial charge in [-0.2, -0.15) is 0 Å². The van der Waals surface area contributed by atoms with Crippen LogP contribution in [0.5, 0.6) is 0 Å². The van der Waals surface area contributed by atoms with Crippen molar-refractivity contribution < 1.29 is 13.5 Å². The molecule has 1 unspecified atom stereocenters. The molecular weight excluding hydrogens is 174 g/mol. The van der Waals surface area contributed by atoms with E-state index in [9.17, 15) is 8.78 Å². The van der Waals surface area contributed by atoms with Gasteiger partial charge in [0.1, 0.15) is 11.6 Å². The Bertz CT molecular complexity index is 286. The molecule has 72 valence electrons. The molecule has 0 aliphatic heterocycles. The summed E-state index contributed by atoms with van der Waals surface area (Å²) in [6.07, 6.45) is -0.328. The van der Waals surface area contributed by atoms with Crippen LogP contribution in [0.4, 0.5) is 8.78 Å². The molecule has 0 aliphatic carbocycles. The second-order valence-corrected chi connectivity index (χ2v) is 2.76. The van der Waals surface area contributed by atoms with E-state index in [0.29, 0.717) is 12.2 Å². The third-order valence-corrected chi connectivity index (χ3v) is 1.82. The zero-order valence-electron chi connectivity index (χ0n) is 7.68. The third kappa shape index (κ3) is 2.49. The molecular formula is C10H12F2O. The van der Waals surface area contributed by atoms with Crippen molar-refractivity contribution in [3.8, 4) is 0 Å². The highest BCUT2D eigenvalue weighted by Crippen LogP contribution is 2.20. The fraction of sp³-hybridized carbons (Fsp3) is 0.400. The largest absolute Gasteiger partial charge is 0.374 e. The van der Waals surface area contributed by atoms with Crippen LogP contribution in [-0.2, 0) is 4.74 Å². The van der Waals surface area contributed by atoms with E-state index in [-0.39, 0.29) is 6.10 Å².